The van der Waals surface area contributed by atoms with E-state index in [2.05, 4.69) is 20.6 Å². The SMILES string of the molecule is O=[N+]([O-])c1ccc(O)c(Nc2ccnc(Nc3cc([N+](=O)[O-])ccc3O)n2)c1. The fourth-order valence-corrected chi connectivity index (χ4v) is 2.22. The van der Waals surface area contributed by atoms with Crippen LogP contribution in [-0.4, -0.2) is 30.0 Å². The van der Waals surface area contributed by atoms with Crippen LogP contribution >= 0.6 is 0 Å². The highest BCUT2D eigenvalue weighted by Gasteiger charge is 2.13. The van der Waals surface area contributed by atoms with Gasteiger partial charge in [-0.2, -0.15) is 4.98 Å². The molecule has 0 aliphatic carbocycles. The first-order valence-corrected chi connectivity index (χ1v) is 7.65. The fraction of sp³-hybridized carbons (Fsp3) is 0. The highest BCUT2D eigenvalue weighted by Crippen LogP contribution is 2.32. The van der Waals surface area contributed by atoms with E-state index in [1.165, 1.54) is 18.3 Å². The van der Waals surface area contributed by atoms with Crippen LogP contribution in [0.15, 0.2) is 48.7 Å². The van der Waals surface area contributed by atoms with E-state index < -0.39 is 9.85 Å². The topological polar surface area (TPSA) is 177 Å². The molecule has 142 valence electrons. The molecule has 0 saturated carbocycles. The lowest BCUT2D eigenvalue weighted by molar-refractivity contribution is -0.385. The maximum Gasteiger partial charge on any atom is 0.271 e. The minimum absolute atomic E-state index is 0.00859. The molecule has 0 saturated heterocycles. The lowest BCUT2D eigenvalue weighted by Gasteiger charge is -2.10. The molecular formula is C16H12N6O6. The number of hydrogen-bond donors (Lipinski definition) is 4. The molecule has 0 aliphatic heterocycles. The second kappa shape index (κ2) is 7.41. The molecule has 12 nitrogen and oxygen atoms in total. The third kappa shape index (κ3) is 4.01. The molecule has 3 aromatic rings. The minimum atomic E-state index is -0.617. The zero-order chi connectivity index (χ0) is 20.3. The molecule has 0 fully saturated rings. The molecule has 1 heterocycles. The molecule has 4 N–H and O–H groups in total. The molecular weight excluding hydrogens is 372 g/mol. The van der Waals surface area contributed by atoms with Crippen LogP contribution in [0.25, 0.3) is 0 Å². The van der Waals surface area contributed by atoms with Crippen molar-refractivity contribution in [2.45, 2.75) is 0 Å². The Balaban J connectivity index is 1.86. The summed E-state index contributed by atoms with van der Waals surface area (Å²) >= 11 is 0. The van der Waals surface area contributed by atoms with Gasteiger partial charge in [-0.1, -0.05) is 0 Å². The standard InChI is InChI=1S/C16H12N6O6/c23-13-3-1-9(21(25)26)7-11(13)18-15-5-6-17-16(20-15)19-12-8-10(22(27)28)2-4-14(12)24/h1-8,23-24H,(H2,17,18,19,20). The van der Waals surface area contributed by atoms with Gasteiger partial charge < -0.3 is 20.8 Å². The van der Waals surface area contributed by atoms with E-state index in [-0.39, 0.29) is 46.0 Å². The average Bonchev–Trinajstić information content (AvgIpc) is 2.65. The van der Waals surface area contributed by atoms with Crippen molar-refractivity contribution in [1.29, 1.82) is 0 Å². The van der Waals surface area contributed by atoms with E-state index in [0.717, 1.165) is 30.3 Å². The average molecular weight is 384 g/mol. The molecule has 28 heavy (non-hydrogen) atoms. The summed E-state index contributed by atoms with van der Waals surface area (Å²) in [6.45, 7) is 0. The first-order valence-electron chi connectivity index (χ1n) is 7.65. The first-order chi connectivity index (χ1) is 13.3. The Morgan fingerprint density at radius 3 is 1.89 bits per heavy atom. The number of nitrogens with one attached hydrogen (secondary N) is 2. The summed E-state index contributed by atoms with van der Waals surface area (Å²) in [6.07, 6.45) is 1.35. The smallest absolute Gasteiger partial charge is 0.271 e. The lowest BCUT2D eigenvalue weighted by Crippen LogP contribution is -2.01. The highest BCUT2D eigenvalue weighted by molar-refractivity contribution is 5.69. The van der Waals surface area contributed by atoms with Gasteiger partial charge in [0, 0.05) is 30.5 Å². The van der Waals surface area contributed by atoms with Crippen LogP contribution in [0.1, 0.15) is 0 Å². The van der Waals surface area contributed by atoms with E-state index in [4.69, 9.17) is 0 Å². The number of non-ortho nitro benzene ring substituents is 2. The molecule has 2 aromatic carbocycles. The van der Waals surface area contributed by atoms with E-state index in [0.29, 0.717) is 0 Å². The van der Waals surface area contributed by atoms with Crippen molar-refractivity contribution >= 4 is 34.5 Å². The van der Waals surface area contributed by atoms with Gasteiger partial charge in [0.05, 0.1) is 21.2 Å². The van der Waals surface area contributed by atoms with Gasteiger partial charge in [-0.05, 0) is 18.2 Å². The fourth-order valence-electron chi connectivity index (χ4n) is 2.22. The molecule has 0 bridgehead atoms. The number of nitro groups is 2. The van der Waals surface area contributed by atoms with Crippen LogP contribution in [0.4, 0.5) is 34.5 Å². The van der Waals surface area contributed by atoms with Crippen molar-refractivity contribution in [3.05, 3.63) is 68.9 Å². The number of benzene rings is 2. The molecule has 0 unspecified atom stereocenters. The van der Waals surface area contributed by atoms with Crippen molar-refractivity contribution in [1.82, 2.24) is 9.97 Å². The zero-order valence-corrected chi connectivity index (χ0v) is 13.9. The van der Waals surface area contributed by atoms with Crippen molar-refractivity contribution < 1.29 is 20.1 Å². The number of phenols is 2. The lowest BCUT2D eigenvalue weighted by atomic mass is 10.2. The number of rotatable bonds is 6. The summed E-state index contributed by atoms with van der Waals surface area (Å²) in [5, 5.41) is 46.8. The Morgan fingerprint density at radius 1 is 0.821 bits per heavy atom. The van der Waals surface area contributed by atoms with Gasteiger partial charge in [0.25, 0.3) is 11.4 Å². The maximum atomic E-state index is 10.9. The van der Waals surface area contributed by atoms with Crippen LogP contribution in [0, 0.1) is 20.2 Å². The van der Waals surface area contributed by atoms with Crippen LogP contribution < -0.4 is 10.6 Å². The quantitative estimate of drug-likeness (QED) is 0.280. The Hall–Kier alpha value is -4.48. The molecule has 0 atom stereocenters. The predicted octanol–water partition coefficient (Wildman–Crippen LogP) is 3.19. The number of nitrogens with zero attached hydrogens (tertiary/aromatic N) is 4. The monoisotopic (exact) mass is 384 g/mol. The normalized spacial score (nSPS) is 10.3. The number of aromatic nitrogens is 2. The van der Waals surface area contributed by atoms with Crippen LogP contribution in [0.5, 0.6) is 11.5 Å². The summed E-state index contributed by atoms with van der Waals surface area (Å²) in [5.74, 6) is -0.303. The second-order valence-electron chi connectivity index (χ2n) is 5.43. The first kappa shape index (κ1) is 18.3. The largest absolute Gasteiger partial charge is 0.506 e. The molecule has 0 spiro atoms. The Bertz CT molecular complexity index is 992. The summed E-state index contributed by atoms with van der Waals surface area (Å²) in [7, 11) is 0. The van der Waals surface area contributed by atoms with E-state index in [9.17, 15) is 30.4 Å². The van der Waals surface area contributed by atoms with Crippen LogP contribution in [-0.2, 0) is 0 Å². The maximum absolute atomic E-state index is 10.9. The summed E-state index contributed by atoms with van der Waals surface area (Å²) in [5.41, 5.74) is -0.396. The Labute approximate surface area is 156 Å². The van der Waals surface area contributed by atoms with Gasteiger partial charge in [0.2, 0.25) is 5.95 Å². The number of nitro benzene ring substituents is 2. The van der Waals surface area contributed by atoms with Gasteiger partial charge in [-0.3, -0.25) is 20.2 Å². The van der Waals surface area contributed by atoms with Crippen molar-refractivity contribution in [2.24, 2.45) is 0 Å². The Morgan fingerprint density at radius 2 is 1.36 bits per heavy atom. The third-order valence-electron chi connectivity index (χ3n) is 3.55. The van der Waals surface area contributed by atoms with Crippen LogP contribution in [0.3, 0.4) is 0 Å². The van der Waals surface area contributed by atoms with Crippen LogP contribution in [0.2, 0.25) is 0 Å². The summed E-state index contributed by atoms with van der Waals surface area (Å²) in [6, 6.07) is 8.31. The van der Waals surface area contributed by atoms with Crippen molar-refractivity contribution in [3.63, 3.8) is 0 Å². The highest BCUT2D eigenvalue weighted by atomic mass is 16.6. The number of anilines is 4. The van der Waals surface area contributed by atoms with E-state index in [1.54, 1.807) is 0 Å². The zero-order valence-electron chi connectivity index (χ0n) is 13.9. The predicted molar refractivity (Wildman–Crippen MR) is 98.1 cm³/mol. The van der Waals surface area contributed by atoms with Gasteiger partial charge in [-0.15, -0.1) is 0 Å². The molecule has 0 amide bonds. The molecule has 3 rings (SSSR count). The van der Waals surface area contributed by atoms with Gasteiger partial charge >= 0.3 is 0 Å². The molecule has 1 aromatic heterocycles. The summed E-state index contributed by atoms with van der Waals surface area (Å²) < 4.78 is 0. The number of hydrogen-bond acceptors (Lipinski definition) is 10. The van der Waals surface area contributed by atoms with Gasteiger partial charge in [0.15, 0.2) is 0 Å². The Kier molecular flexibility index (Phi) is 4.85. The summed E-state index contributed by atoms with van der Waals surface area (Å²) in [4.78, 5) is 28.6. The van der Waals surface area contributed by atoms with Crippen molar-refractivity contribution in [3.8, 4) is 11.5 Å². The molecule has 12 heteroatoms. The number of aromatic hydroxyl groups is 2. The second-order valence-corrected chi connectivity index (χ2v) is 5.43. The van der Waals surface area contributed by atoms with Gasteiger partial charge in [-0.25, -0.2) is 4.98 Å². The minimum Gasteiger partial charge on any atom is -0.506 e. The van der Waals surface area contributed by atoms with Gasteiger partial charge in [0.1, 0.15) is 17.3 Å². The van der Waals surface area contributed by atoms with E-state index >= 15 is 0 Å². The molecule has 0 radical (unpaired) electrons. The number of phenolic OH excluding ortho intramolecular Hbond substituents is 2. The molecule has 0 aliphatic rings. The van der Waals surface area contributed by atoms with Crippen molar-refractivity contribution in [2.75, 3.05) is 10.6 Å². The third-order valence-corrected chi connectivity index (χ3v) is 3.55. The van der Waals surface area contributed by atoms with E-state index in [1.807, 2.05) is 0 Å².